The Kier molecular flexibility index (Phi) is 6.25. The van der Waals surface area contributed by atoms with Crippen molar-refractivity contribution in [3.63, 3.8) is 0 Å². The van der Waals surface area contributed by atoms with Gasteiger partial charge in [-0.05, 0) is 56.0 Å². The Hall–Kier alpha value is -1.55. The Morgan fingerprint density at radius 3 is 2.41 bits per heavy atom. The minimum atomic E-state index is -0.0827. The van der Waals surface area contributed by atoms with Crippen molar-refractivity contribution in [1.82, 2.24) is 4.90 Å². The molecule has 1 aliphatic heterocycles. The first-order valence-corrected chi connectivity index (χ1v) is 8.05. The standard InChI is InChI=1S/C18H27NO3/c1-14(18(20)22-3)12-15-8-10-19(11-9-15)13-16-4-6-17(21-2)7-5-16/h4-7,14-15H,8-13H2,1-3H3. The van der Waals surface area contributed by atoms with Crippen LogP contribution in [0.4, 0.5) is 0 Å². The smallest absolute Gasteiger partial charge is 0.308 e. The predicted molar refractivity (Wildman–Crippen MR) is 86.8 cm³/mol. The van der Waals surface area contributed by atoms with Crippen LogP contribution in [0.25, 0.3) is 0 Å². The van der Waals surface area contributed by atoms with Crippen LogP contribution in [0, 0.1) is 11.8 Å². The van der Waals surface area contributed by atoms with Crippen molar-refractivity contribution >= 4 is 5.97 Å². The second-order valence-electron chi connectivity index (χ2n) is 6.23. The summed E-state index contributed by atoms with van der Waals surface area (Å²) in [5.74, 6) is 1.48. The molecule has 1 atom stereocenters. The highest BCUT2D eigenvalue weighted by Crippen LogP contribution is 2.26. The summed E-state index contributed by atoms with van der Waals surface area (Å²) in [4.78, 5) is 14.0. The molecule has 0 bridgehead atoms. The first-order chi connectivity index (χ1) is 10.6. The summed E-state index contributed by atoms with van der Waals surface area (Å²) in [5.41, 5.74) is 1.32. The highest BCUT2D eigenvalue weighted by Gasteiger charge is 2.24. The Morgan fingerprint density at radius 2 is 1.86 bits per heavy atom. The molecule has 0 saturated carbocycles. The minimum absolute atomic E-state index is 0.0168. The number of nitrogens with zero attached hydrogens (tertiary/aromatic N) is 1. The molecule has 1 aliphatic rings. The lowest BCUT2D eigenvalue weighted by molar-refractivity contribution is -0.145. The number of carbonyl (C=O) groups is 1. The minimum Gasteiger partial charge on any atom is -0.497 e. The molecule has 1 heterocycles. The van der Waals surface area contributed by atoms with E-state index in [1.165, 1.54) is 12.7 Å². The van der Waals surface area contributed by atoms with Gasteiger partial charge in [-0.25, -0.2) is 0 Å². The van der Waals surface area contributed by atoms with Crippen LogP contribution in [0.2, 0.25) is 0 Å². The zero-order chi connectivity index (χ0) is 15.9. The Morgan fingerprint density at radius 1 is 1.23 bits per heavy atom. The van der Waals surface area contributed by atoms with Crippen molar-refractivity contribution in [1.29, 1.82) is 0 Å². The van der Waals surface area contributed by atoms with Gasteiger partial charge in [0.2, 0.25) is 0 Å². The molecule has 0 aromatic heterocycles. The molecule has 4 heteroatoms. The average Bonchev–Trinajstić information content (AvgIpc) is 2.56. The van der Waals surface area contributed by atoms with Crippen LogP contribution >= 0.6 is 0 Å². The fourth-order valence-corrected chi connectivity index (χ4v) is 3.17. The molecule has 122 valence electrons. The number of likely N-dealkylation sites (tertiary alicyclic amines) is 1. The topological polar surface area (TPSA) is 38.8 Å². The van der Waals surface area contributed by atoms with Gasteiger partial charge in [-0.1, -0.05) is 19.1 Å². The third-order valence-electron chi connectivity index (χ3n) is 4.56. The maximum atomic E-state index is 11.5. The Labute approximate surface area is 133 Å². The van der Waals surface area contributed by atoms with E-state index in [1.54, 1.807) is 7.11 Å². The first-order valence-electron chi connectivity index (χ1n) is 8.05. The van der Waals surface area contributed by atoms with Gasteiger partial charge in [0.05, 0.1) is 20.1 Å². The molecule has 1 aromatic carbocycles. The van der Waals surface area contributed by atoms with Gasteiger partial charge < -0.3 is 9.47 Å². The van der Waals surface area contributed by atoms with Gasteiger partial charge in [0.25, 0.3) is 0 Å². The number of carbonyl (C=O) groups excluding carboxylic acids is 1. The van der Waals surface area contributed by atoms with E-state index in [-0.39, 0.29) is 11.9 Å². The third kappa shape index (κ3) is 4.73. The normalized spacial score (nSPS) is 18.0. The zero-order valence-corrected chi connectivity index (χ0v) is 13.9. The van der Waals surface area contributed by atoms with Crippen LogP contribution < -0.4 is 4.74 Å². The van der Waals surface area contributed by atoms with E-state index in [0.29, 0.717) is 5.92 Å². The number of hydrogen-bond donors (Lipinski definition) is 0. The fraction of sp³-hybridized carbons (Fsp3) is 0.611. The van der Waals surface area contributed by atoms with Crippen LogP contribution in [0.3, 0.4) is 0 Å². The van der Waals surface area contributed by atoms with Crippen molar-refractivity contribution in [3.8, 4) is 5.75 Å². The van der Waals surface area contributed by atoms with E-state index in [1.807, 2.05) is 19.1 Å². The molecule has 0 spiro atoms. The molecule has 1 aromatic rings. The molecule has 0 aliphatic carbocycles. The highest BCUT2D eigenvalue weighted by molar-refractivity contribution is 5.71. The van der Waals surface area contributed by atoms with Crippen LogP contribution in [-0.4, -0.2) is 38.2 Å². The molecular weight excluding hydrogens is 278 g/mol. The van der Waals surface area contributed by atoms with E-state index < -0.39 is 0 Å². The van der Waals surface area contributed by atoms with Crippen LogP contribution in [0.5, 0.6) is 5.75 Å². The summed E-state index contributed by atoms with van der Waals surface area (Å²) in [6.07, 6.45) is 3.28. The molecule has 1 saturated heterocycles. The molecule has 1 fully saturated rings. The summed E-state index contributed by atoms with van der Waals surface area (Å²) in [6.45, 7) is 5.16. The quantitative estimate of drug-likeness (QED) is 0.757. The van der Waals surface area contributed by atoms with Gasteiger partial charge in [0.15, 0.2) is 0 Å². The summed E-state index contributed by atoms with van der Waals surface area (Å²) in [7, 11) is 3.16. The molecule has 22 heavy (non-hydrogen) atoms. The van der Waals surface area contributed by atoms with Gasteiger partial charge in [0.1, 0.15) is 5.75 Å². The SMILES string of the molecule is COC(=O)C(C)CC1CCN(Cc2ccc(OC)cc2)CC1. The van der Waals surface area contributed by atoms with E-state index in [0.717, 1.165) is 44.6 Å². The largest absolute Gasteiger partial charge is 0.497 e. The first kappa shape index (κ1) is 16.8. The van der Waals surface area contributed by atoms with Crippen LogP contribution in [-0.2, 0) is 16.1 Å². The summed E-state index contributed by atoms with van der Waals surface area (Å²) >= 11 is 0. The molecule has 0 radical (unpaired) electrons. The molecule has 0 N–H and O–H groups in total. The van der Waals surface area contributed by atoms with Crippen molar-refractivity contribution in [2.45, 2.75) is 32.7 Å². The highest BCUT2D eigenvalue weighted by atomic mass is 16.5. The number of rotatable bonds is 6. The maximum absolute atomic E-state index is 11.5. The Balaban J connectivity index is 1.75. The van der Waals surface area contributed by atoms with Crippen molar-refractivity contribution in [2.75, 3.05) is 27.3 Å². The number of piperidine rings is 1. The molecule has 2 rings (SSSR count). The van der Waals surface area contributed by atoms with Gasteiger partial charge in [-0.2, -0.15) is 0 Å². The molecular formula is C18H27NO3. The number of ether oxygens (including phenoxy) is 2. The van der Waals surface area contributed by atoms with Gasteiger partial charge >= 0.3 is 5.97 Å². The van der Waals surface area contributed by atoms with Crippen LogP contribution in [0.15, 0.2) is 24.3 Å². The van der Waals surface area contributed by atoms with Crippen LogP contribution in [0.1, 0.15) is 31.7 Å². The lowest BCUT2D eigenvalue weighted by atomic mass is 9.88. The summed E-state index contributed by atoms with van der Waals surface area (Å²) in [6, 6.07) is 8.29. The summed E-state index contributed by atoms with van der Waals surface area (Å²) < 4.78 is 10.0. The molecule has 0 amide bonds. The number of benzene rings is 1. The lowest BCUT2D eigenvalue weighted by Crippen LogP contribution is -2.34. The van der Waals surface area contributed by atoms with Crippen molar-refractivity contribution in [3.05, 3.63) is 29.8 Å². The summed E-state index contributed by atoms with van der Waals surface area (Å²) in [5, 5.41) is 0. The lowest BCUT2D eigenvalue weighted by Gasteiger charge is -2.32. The molecule has 4 nitrogen and oxygen atoms in total. The number of hydrogen-bond acceptors (Lipinski definition) is 4. The van der Waals surface area contributed by atoms with E-state index in [4.69, 9.17) is 9.47 Å². The van der Waals surface area contributed by atoms with Gasteiger partial charge in [0, 0.05) is 6.54 Å². The number of esters is 1. The molecule has 1 unspecified atom stereocenters. The second kappa shape index (κ2) is 8.18. The maximum Gasteiger partial charge on any atom is 0.308 e. The second-order valence-corrected chi connectivity index (χ2v) is 6.23. The average molecular weight is 305 g/mol. The Bertz CT molecular complexity index is 464. The monoisotopic (exact) mass is 305 g/mol. The number of methoxy groups -OCH3 is 2. The zero-order valence-electron chi connectivity index (χ0n) is 13.9. The van der Waals surface area contributed by atoms with E-state index >= 15 is 0 Å². The van der Waals surface area contributed by atoms with Crippen molar-refractivity contribution < 1.29 is 14.3 Å². The van der Waals surface area contributed by atoms with Crippen molar-refractivity contribution in [2.24, 2.45) is 11.8 Å². The predicted octanol–water partition coefficient (Wildman–Crippen LogP) is 3.11. The van der Waals surface area contributed by atoms with E-state index in [9.17, 15) is 4.79 Å². The third-order valence-corrected chi connectivity index (χ3v) is 4.56. The van der Waals surface area contributed by atoms with Gasteiger partial charge in [-0.3, -0.25) is 9.69 Å². The fourth-order valence-electron chi connectivity index (χ4n) is 3.17. The van der Waals surface area contributed by atoms with Gasteiger partial charge in [-0.15, -0.1) is 0 Å². The van der Waals surface area contributed by atoms with E-state index in [2.05, 4.69) is 17.0 Å².